The summed E-state index contributed by atoms with van der Waals surface area (Å²) >= 11 is 5.75. The van der Waals surface area contributed by atoms with Crippen molar-refractivity contribution in [1.82, 2.24) is 5.32 Å². The lowest BCUT2D eigenvalue weighted by molar-refractivity contribution is -0.270. The van der Waals surface area contributed by atoms with Crippen molar-refractivity contribution in [3.63, 3.8) is 0 Å². The summed E-state index contributed by atoms with van der Waals surface area (Å²) in [7, 11) is 0. The molecule has 0 aromatic heterocycles. The summed E-state index contributed by atoms with van der Waals surface area (Å²) in [6.07, 6.45) is -5.93. The number of rotatable bonds is 3. The lowest BCUT2D eigenvalue weighted by atomic mass is 10.1. The Bertz CT molecular complexity index is 474. The van der Waals surface area contributed by atoms with Crippen LogP contribution in [0.25, 0.3) is 0 Å². The Morgan fingerprint density at radius 2 is 1.74 bits per heavy atom. The molecule has 1 amide bonds. The Morgan fingerprint density at radius 1 is 1.21 bits per heavy atom. The number of halogens is 6. The van der Waals surface area contributed by atoms with Gasteiger partial charge in [0.1, 0.15) is 0 Å². The molecule has 0 aliphatic heterocycles. The molecule has 0 radical (unpaired) electrons. The van der Waals surface area contributed by atoms with E-state index >= 15 is 0 Å². The van der Waals surface area contributed by atoms with Crippen molar-refractivity contribution >= 4 is 17.5 Å². The molecule has 1 atom stereocenters. The Hall–Kier alpha value is -1.37. The van der Waals surface area contributed by atoms with Gasteiger partial charge in [-0.25, -0.2) is 0 Å². The van der Waals surface area contributed by atoms with E-state index < -0.39 is 24.0 Å². The number of carbonyl (C=O) groups excluding carboxylic acids is 1. The Kier molecular flexibility index (Phi) is 4.39. The second-order valence-corrected chi connectivity index (χ2v) is 4.20. The monoisotopic (exact) mass is 301 g/mol. The fraction of sp³-hybridized carbons (Fsp3) is 0.364. The maximum Gasteiger partial charge on any atom is 0.463 e. The number of benzene rings is 1. The molecule has 8 heteroatoms. The average Bonchev–Trinajstić information content (AvgIpc) is 2.27. The molecule has 1 aromatic carbocycles. The van der Waals surface area contributed by atoms with Gasteiger partial charge in [-0.1, -0.05) is 29.8 Å². The highest BCUT2D eigenvalue weighted by atomic mass is 35.5. The van der Waals surface area contributed by atoms with Crippen LogP contribution in [0.3, 0.4) is 0 Å². The molecule has 1 aromatic rings. The van der Waals surface area contributed by atoms with Crippen LogP contribution in [-0.4, -0.2) is 18.0 Å². The van der Waals surface area contributed by atoms with E-state index in [4.69, 9.17) is 11.6 Å². The average molecular weight is 302 g/mol. The Morgan fingerprint density at radius 3 is 2.21 bits per heavy atom. The third kappa shape index (κ3) is 3.34. The molecule has 2 nitrogen and oxygen atoms in total. The minimum Gasteiger partial charge on any atom is -0.344 e. The number of carbonyl (C=O) groups is 1. The van der Waals surface area contributed by atoms with Gasteiger partial charge < -0.3 is 5.32 Å². The van der Waals surface area contributed by atoms with Crippen LogP contribution in [0.5, 0.6) is 0 Å². The van der Waals surface area contributed by atoms with Gasteiger partial charge in [-0.2, -0.15) is 22.0 Å². The van der Waals surface area contributed by atoms with Crippen LogP contribution in [0.1, 0.15) is 18.5 Å². The Labute approximate surface area is 110 Å². The molecule has 0 aliphatic rings. The summed E-state index contributed by atoms with van der Waals surface area (Å²) in [5.74, 6) is -7.85. The number of nitrogens with one attached hydrogen (secondary N) is 1. The number of amides is 1. The topological polar surface area (TPSA) is 29.1 Å². The van der Waals surface area contributed by atoms with Crippen molar-refractivity contribution in [3.05, 3.63) is 34.9 Å². The van der Waals surface area contributed by atoms with Gasteiger partial charge in [0.25, 0.3) is 0 Å². The minimum atomic E-state index is -5.93. The van der Waals surface area contributed by atoms with Gasteiger partial charge in [0.05, 0.1) is 6.04 Å². The molecular formula is C11H9ClF5NO. The van der Waals surface area contributed by atoms with Gasteiger partial charge in [0.15, 0.2) is 0 Å². The van der Waals surface area contributed by atoms with Gasteiger partial charge in [0.2, 0.25) is 0 Å². The summed E-state index contributed by atoms with van der Waals surface area (Å²) in [6.45, 7) is 1.26. The Balaban J connectivity index is 2.87. The van der Waals surface area contributed by atoms with Gasteiger partial charge in [-0.3, -0.25) is 4.79 Å². The molecule has 0 bridgehead atoms. The van der Waals surface area contributed by atoms with E-state index in [1.807, 2.05) is 0 Å². The molecule has 0 saturated heterocycles. The van der Waals surface area contributed by atoms with Crippen LogP contribution < -0.4 is 5.32 Å². The maximum atomic E-state index is 12.7. The van der Waals surface area contributed by atoms with E-state index in [1.165, 1.54) is 25.1 Å². The predicted molar refractivity (Wildman–Crippen MR) is 59.0 cm³/mol. The van der Waals surface area contributed by atoms with Crippen molar-refractivity contribution in [2.24, 2.45) is 0 Å². The molecule has 0 saturated carbocycles. The van der Waals surface area contributed by atoms with Crippen molar-refractivity contribution in [2.45, 2.75) is 25.1 Å². The molecule has 19 heavy (non-hydrogen) atoms. The van der Waals surface area contributed by atoms with Gasteiger partial charge in [0, 0.05) is 5.02 Å². The predicted octanol–water partition coefficient (Wildman–Crippen LogP) is 3.71. The van der Waals surface area contributed by atoms with E-state index in [1.54, 1.807) is 11.4 Å². The van der Waals surface area contributed by atoms with E-state index in [-0.39, 0.29) is 10.6 Å². The zero-order valence-electron chi connectivity index (χ0n) is 9.56. The largest absolute Gasteiger partial charge is 0.463 e. The second-order valence-electron chi connectivity index (χ2n) is 3.79. The minimum absolute atomic E-state index is 0.158. The number of hydrogen-bond donors (Lipinski definition) is 1. The highest BCUT2D eigenvalue weighted by molar-refractivity contribution is 6.31. The molecule has 0 fully saturated rings. The molecule has 106 valence electrons. The first-order chi connectivity index (χ1) is 8.57. The fourth-order valence-electron chi connectivity index (χ4n) is 1.32. The van der Waals surface area contributed by atoms with Crippen molar-refractivity contribution in [1.29, 1.82) is 0 Å². The smallest absolute Gasteiger partial charge is 0.344 e. The lowest BCUT2D eigenvalue weighted by Crippen LogP contribution is -2.50. The molecular weight excluding hydrogens is 293 g/mol. The summed E-state index contributed by atoms with van der Waals surface area (Å²) in [4.78, 5) is 11.0. The van der Waals surface area contributed by atoms with Crippen LogP contribution in [0.15, 0.2) is 24.3 Å². The van der Waals surface area contributed by atoms with Crippen LogP contribution in [0.4, 0.5) is 22.0 Å². The van der Waals surface area contributed by atoms with Crippen molar-refractivity contribution < 1.29 is 26.7 Å². The third-order valence-corrected chi connectivity index (χ3v) is 2.70. The SMILES string of the molecule is CC(NC(=O)C(F)(F)C(F)(F)F)c1ccccc1Cl. The van der Waals surface area contributed by atoms with E-state index in [0.717, 1.165) is 0 Å². The zero-order valence-corrected chi connectivity index (χ0v) is 10.3. The summed E-state index contributed by atoms with van der Waals surface area (Å²) in [5.41, 5.74) is 0.246. The third-order valence-electron chi connectivity index (χ3n) is 2.36. The molecule has 0 aliphatic carbocycles. The van der Waals surface area contributed by atoms with Crippen molar-refractivity contribution in [2.75, 3.05) is 0 Å². The molecule has 1 N–H and O–H groups in total. The quantitative estimate of drug-likeness (QED) is 0.847. The van der Waals surface area contributed by atoms with Crippen LogP contribution in [-0.2, 0) is 4.79 Å². The molecule has 0 spiro atoms. The maximum absolute atomic E-state index is 12.7. The summed E-state index contributed by atoms with van der Waals surface area (Å²) in [5, 5.41) is 1.75. The normalized spacial score (nSPS) is 14.1. The summed E-state index contributed by atoms with van der Waals surface area (Å²) in [6, 6.07) is 4.85. The van der Waals surface area contributed by atoms with Gasteiger partial charge in [-0.15, -0.1) is 0 Å². The highest BCUT2D eigenvalue weighted by Crippen LogP contribution is 2.36. The van der Waals surface area contributed by atoms with Crippen molar-refractivity contribution in [3.8, 4) is 0 Å². The number of hydrogen-bond acceptors (Lipinski definition) is 1. The second kappa shape index (κ2) is 5.32. The lowest BCUT2D eigenvalue weighted by Gasteiger charge is -2.22. The first kappa shape index (κ1) is 15.7. The van der Waals surface area contributed by atoms with Crippen LogP contribution in [0, 0.1) is 0 Å². The van der Waals surface area contributed by atoms with E-state index in [9.17, 15) is 26.7 Å². The van der Waals surface area contributed by atoms with E-state index in [2.05, 4.69) is 0 Å². The molecule has 1 rings (SSSR count). The fourth-order valence-corrected chi connectivity index (χ4v) is 1.62. The van der Waals surface area contributed by atoms with Crippen LogP contribution in [0.2, 0.25) is 5.02 Å². The highest BCUT2D eigenvalue weighted by Gasteiger charge is 2.63. The zero-order chi connectivity index (χ0) is 14.8. The van der Waals surface area contributed by atoms with Crippen LogP contribution >= 0.6 is 11.6 Å². The van der Waals surface area contributed by atoms with E-state index in [0.29, 0.717) is 0 Å². The van der Waals surface area contributed by atoms with Gasteiger partial charge in [-0.05, 0) is 18.6 Å². The first-order valence-electron chi connectivity index (χ1n) is 5.07. The number of alkyl halides is 5. The standard InChI is InChI=1S/C11H9ClF5NO/c1-6(7-4-2-3-5-8(7)12)18-9(19)10(13,14)11(15,16)17/h2-6H,1H3,(H,18,19). The molecule has 0 heterocycles. The van der Waals surface area contributed by atoms with Gasteiger partial charge >= 0.3 is 18.0 Å². The first-order valence-corrected chi connectivity index (χ1v) is 5.45. The molecule has 1 unspecified atom stereocenters. The summed E-state index contributed by atoms with van der Waals surface area (Å²) < 4.78 is 61.4.